The second kappa shape index (κ2) is 4.77. The Morgan fingerprint density at radius 3 is 2.00 bits per heavy atom. The standard InChI is InChI=1S/C13H21NO/c1-9-6-10(2)13(11(3)7-9)12(15)8-14(4)5/h6-7,12,15H,8H2,1-5H3. The molecule has 0 amide bonds. The highest BCUT2D eigenvalue weighted by atomic mass is 16.3. The Kier molecular flexibility index (Phi) is 3.89. The lowest BCUT2D eigenvalue weighted by molar-refractivity contribution is 0.137. The van der Waals surface area contributed by atoms with Gasteiger partial charge in [-0.15, -0.1) is 0 Å². The average molecular weight is 207 g/mol. The molecule has 2 nitrogen and oxygen atoms in total. The lowest BCUT2D eigenvalue weighted by atomic mass is 9.95. The molecule has 0 aliphatic heterocycles. The lowest BCUT2D eigenvalue weighted by Gasteiger charge is -2.20. The molecular formula is C13H21NO. The molecule has 2 heteroatoms. The first-order valence-corrected chi connectivity index (χ1v) is 5.32. The van der Waals surface area contributed by atoms with Crippen LogP contribution in [0.3, 0.4) is 0 Å². The van der Waals surface area contributed by atoms with Gasteiger partial charge in [-0.05, 0) is 51.6 Å². The molecule has 1 aromatic rings. The molecule has 0 saturated carbocycles. The van der Waals surface area contributed by atoms with E-state index in [1.165, 1.54) is 16.7 Å². The molecule has 0 aliphatic carbocycles. The van der Waals surface area contributed by atoms with E-state index < -0.39 is 0 Å². The van der Waals surface area contributed by atoms with Gasteiger partial charge in [0.2, 0.25) is 0 Å². The van der Waals surface area contributed by atoms with Crippen molar-refractivity contribution in [2.75, 3.05) is 20.6 Å². The fourth-order valence-electron chi connectivity index (χ4n) is 2.15. The molecule has 0 aromatic heterocycles. The molecule has 0 heterocycles. The highest BCUT2D eigenvalue weighted by molar-refractivity contribution is 5.39. The lowest BCUT2D eigenvalue weighted by Crippen LogP contribution is -2.21. The van der Waals surface area contributed by atoms with Gasteiger partial charge in [0.25, 0.3) is 0 Å². The Morgan fingerprint density at radius 2 is 1.60 bits per heavy atom. The molecular weight excluding hydrogens is 186 g/mol. The number of hydrogen-bond donors (Lipinski definition) is 1. The molecule has 0 aliphatic rings. The minimum atomic E-state index is -0.388. The number of hydrogen-bond acceptors (Lipinski definition) is 2. The summed E-state index contributed by atoms with van der Waals surface area (Å²) in [5.74, 6) is 0. The zero-order chi connectivity index (χ0) is 11.6. The third-order valence-electron chi connectivity index (χ3n) is 2.61. The molecule has 15 heavy (non-hydrogen) atoms. The van der Waals surface area contributed by atoms with Crippen LogP contribution in [0.4, 0.5) is 0 Å². The Hall–Kier alpha value is -0.860. The number of aliphatic hydroxyl groups is 1. The molecule has 0 radical (unpaired) electrons. The number of aliphatic hydroxyl groups excluding tert-OH is 1. The predicted octanol–water partition coefficient (Wildman–Crippen LogP) is 2.21. The van der Waals surface area contributed by atoms with Crippen molar-refractivity contribution in [2.24, 2.45) is 0 Å². The summed E-state index contributed by atoms with van der Waals surface area (Å²) in [6.45, 7) is 6.88. The van der Waals surface area contributed by atoms with Gasteiger partial charge < -0.3 is 10.0 Å². The summed E-state index contributed by atoms with van der Waals surface area (Å²) in [6.07, 6.45) is -0.388. The molecule has 0 bridgehead atoms. The third kappa shape index (κ3) is 3.05. The summed E-state index contributed by atoms with van der Waals surface area (Å²) >= 11 is 0. The van der Waals surface area contributed by atoms with E-state index in [1.807, 2.05) is 19.0 Å². The minimum Gasteiger partial charge on any atom is -0.387 e. The first-order chi connectivity index (χ1) is 6.91. The van der Waals surface area contributed by atoms with Crippen LogP contribution in [-0.2, 0) is 0 Å². The molecule has 0 fully saturated rings. The van der Waals surface area contributed by atoms with Crippen molar-refractivity contribution in [1.82, 2.24) is 4.90 Å². The van der Waals surface area contributed by atoms with E-state index in [0.29, 0.717) is 6.54 Å². The van der Waals surface area contributed by atoms with Crippen LogP contribution < -0.4 is 0 Å². The molecule has 1 N–H and O–H groups in total. The van der Waals surface area contributed by atoms with Crippen molar-refractivity contribution in [1.29, 1.82) is 0 Å². The summed E-state index contributed by atoms with van der Waals surface area (Å²) in [5.41, 5.74) is 4.70. The van der Waals surface area contributed by atoms with E-state index in [-0.39, 0.29) is 6.10 Å². The average Bonchev–Trinajstić information content (AvgIpc) is 1.99. The van der Waals surface area contributed by atoms with Crippen LogP contribution in [0, 0.1) is 20.8 Å². The molecule has 1 rings (SSSR count). The number of likely N-dealkylation sites (N-methyl/N-ethyl adjacent to an activating group) is 1. The van der Waals surface area contributed by atoms with E-state index >= 15 is 0 Å². The van der Waals surface area contributed by atoms with Crippen molar-refractivity contribution < 1.29 is 5.11 Å². The van der Waals surface area contributed by atoms with Crippen LogP contribution >= 0.6 is 0 Å². The van der Waals surface area contributed by atoms with Crippen molar-refractivity contribution in [3.63, 3.8) is 0 Å². The second-order valence-corrected chi connectivity index (χ2v) is 4.59. The topological polar surface area (TPSA) is 23.5 Å². The zero-order valence-electron chi connectivity index (χ0n) is 10.3. The largest absolute Gasteiger partial charge is 0.387 e. The van der Waals surface area contributed by atoms with E-state index in [4.69, 9.17) is 0 Å². The minimum absolute atomic E-state index is 0.388. The van der Waals surface area contributed by atoms with E-state index in [2.05, 4.69) is 32.9 Å². The van der Waals surface area contributed by atoms with Gasteiger partial charge in [-0.1, -0.05) is 17.7 Å². The van der Waals surface area contributed by atoms with E-state index in [1.54, 1.807) is 0 Å². The highest BCUT2D eigenvalue weighted by Crippen LogP contribution is 2.23. The summed E-state index contributed by atoms with van der Waals surface area (Å²) in [6, 6.07) is 4.25. The van der Waals surface area contributed by atoms with Gasteiger partial charge in [0.05, 0.1) is 6.10 Å². The van der Waals surface area contributed by atoms with Crippen molar-refractivity contribution in [2.45, 2.75) is 26.9 Å². The van der Waals surface area contributed by atoms with Gasteiger partial charge in [0.15, 0.2) is 0 Å². The Morgan fingerprint density at radius 1 is 1.13 bits per heavy atom. The maximum Gasteiger partial charge on any atom is 0.0921 e. The first kappa shape index (κ1) is 12.2. The van der Waals surface area contributed by atoms with E-state index in [0.717, 1.165) is 5.56 Å². The maximum absolute atomic E-state index is 10.1. The van der Waals surface area contributed by atoms with Gasteiger partial charge in [-0.3, -0.25) is 0 Å². The van der Waals surface area contributed by atoms with Crippen LogP contribution in [0.15, 0.2) is 12.1 Å². The fraction of sp³-hybridized carbons (Fsp3) is 0.538. The number of rotatable bonds is 3. The summed E-state index contributed by atoms with van der Waals surface area (Å²) in [7, 11) is 3.95. The predicted molar refractivity (Wildman–Crippen MR) is 64.2 cm³/mol. The van der Waals surface area contributed by atoms with Gasteiger partial charge in [0.1, 0.15) is 0 Å². The zero-order valence-corrected chi connectivity index (χ0v) is 10.3. The second-order valence-electron chi connectivity index (χ2n) is 4.59. The maximum atomic E-state index is 10.1. The van der Waals surface area contributed by atoms with Crippen molar-refractivity contribution in [3.8, 4) is 0 Å². The van der Waals surface area contributed by atoms with Crippen molar-refractivity contribution in [3.05, 3.63) is 34.4 Å². The van der Waals surface area contributed by atoms with Crippen LogP contribution in [0.25, 0.3) is 0 Å². The van der Waals surface area contributed by atoms with Crippen molar-refractivity contribution >= 4 is 0 Å². The van der Waals surface area contributed by atoms with Crippen LogP contribution in [-0.4, -0.2) is 30.6 Å². The molecule has 84 valence electrons. The van der Waals surface area contributed by atoms with Crippen LogP contribution in [0.5, 0.6) is 0 Å². The Bertz CT molecular complexity index is 321. The number of aryl methyl sites for hydroxylation is 3. The number of benzene rings is 1. The monoisotopic (exact) mass is 207 g/mol. The van der Waals surface area contributed by atoms with Gasteiger partial charge in [0, 0.05) is 6.54 Å². The molecule has 1 unspecified atom stereocenters. The quantitative estimate of drug-likeness (QED) is 0.821. The smallest absolute Gasteiger partial charge is 0.0921 e. The Balaban J connectivity index is 3.03. The van der Waals surface area contributed by atoms with Crippen LogP contribution in [0.2, 0.25) is 0 Å². The third-order valence-corrected chi connectivity index (χ3v) is 2.61. The Labute approximate surface area is 92.5 Å². The van der Waals surface area contributed by atoms with Gasteiger partial charge in [-0.2, -0.15) is 0 Å². The summed E-state index contributed by atoms with van der Waals surface area (Å²) in [4.78, 5) is 2.00. The fourth-order valence-corrected chi connectivity index (χ4v) is 2.15. The first-order valence-electron chi connectivity index (χ1n) is 5.32. The van der Waals surface area contributed by atoms with Gasteiger partial charge >= 0.3 is 0 Å². The van der Waals surface area contributed by atoms with Crippen LogP contribution in [0.1, 0.15) is 28.4 Å². The van der Waals surface area contributed by atoms with Gasteiger partial charge in [-0.25, -0.2) is 0 Å². The highest BCUT2D eigenvalue weighted by Gasteiger charge is 2.14. The SMILES string of the molecule is Cc1cc(C)c(C(O)CN(C)C)c(C)c1. The molecule has 1 atom stereocenters. The molecule has 0 saturated heterocycles. The molecule has 0 spiro atoms. The van der Waals surface area contributed by atoms with E-state index in [9.17, 15) is 5.11 Å². The summed E-state index contributed by atoms with van der Waals surface area (Å²) < 4.78 is 0. The molecule has 1 aromatic carbocycles. The normalized spacial score (nSPS) is 13.3. The number of nitrogens with zero attached hydrogens (tertiary/aromatic N) is 1. The summed E-state index contributed by atoms with van der Waals surface area (Å²) in [5, 5.41) is 10.1.